The molecule has 4 aromatic heterocycles. The number of aliphatic carboxylic acids is 1. The second-order valence-electron chi connectivity index (χ2n) is 33.4. The fourth-order valence-electron chi connectivity index (χ4n) is 13.6. The van der Waals surface area contributed by atoms with Crippen molar-refractivity contribution in [3.8, 4) is 17.6 Å². The molecule has 3 atom stereocenters. The van der Waals surface area contributed by atoms with Crippen LogP contribution in [0, 0.1) is 30.5 Å². The summed E-state index contributed by atoms with van der Waals surface area (Å²) in [6.07, 6.45) is 2.48. The van der Waals surface area contributed by atoms with Crippen LogP contribution in [-0.2, 0) is 124 Å². The molecule has 1 aliphatic rings. The van der Waals surface area contributed by atoms with Crippen LogP contribution in [0.2, 0.25) is 0 Å². The highest BCUT2D eigenvalue weighted by Gasteiger charge is 2.32. The third-order valence-corrected chi connectivity index (χ3v) is 23.9. The fraction of sp³-hybridized carbons (Fsp3) is 0.543. The minimum Gasteiger partial charge on any atom is -0.491 e. The molecular weight excluding hydrogens is 1920 g/mol. The third kappa shape index (κ3) is 43.3. The van der Waals surface area contributed by atoms with Crippen molar-refractivity contribution in [1.82, 2.24) is 65.8 Å². The predicted molar refractivity (Wildman–Crippen MR) is 516 cm³/mol. The van der Waals surface area contributed by atoms with Crippen molar-refractivity contribution in [1.29, 1.82) is 0 Å². The Labute approximate surface area is 829 Å². The molecule has 7 aromatic rings. The van der Waals surface area contributed by atoms with Crippen molar-refractivity contribution in [2.45, 2.75) is 123 Å². The molecule has 1 aliphatic heterocycles. The summed E-state index contributed by atoms with van der Waals surface area (Å²) in [4.78, 5) is 143. The number of nitrogens with two attached hydrogens (primary N) is 1. The van der Waals surface area contributed by atoms with Crippen LogP contribution < -0.4 is 42.0 Å². The van der Waals surface area contributed by atoms with Gasteiger partial charge in [-0.25, -0.2) is 38.2 Å². The van der Waals surface area contributed by atoms with Crippen molar-refractivity contribution in [2.24, 2.45) is 11.7 Å². The van der Waals surface area contributed by atoms with E-state index in [1.165, 1.54) is 59.3 Å². The number of aliphatic hydroxyl groups excluding tert-OH is 1. The average Bonchev–Trinajstić information content (AvgIpc) is 1.65. The van der Waals surface area contributed by atoms with Gasteiger partial charge >= 0.3 is 30.2 Å². The van der Waals surface area contributed by atoms with E-state index in [-0.39, 0.29) is 169 Å². The van der Waals surface area contributed by atoms with E-state index in [0.29, 0.717) is 156 Å². The smallest absolute Gasteiger partial charge is 0.410 e. The second-order valence-corrected chi connectivity index (χ2v) is 37.0. The first kappa shape index (κ1) is 115. The van der Waals surface area contributed by atoms with Gasteiger partial charge in [0.15, 0.2) is 39.2 Å². The van der Waals surface area contributed by atoms with Gasteiger partial charge in [0.1, 0.15) is 43.6 Å². The lowest BCUT2D eigenvalue weighted by molar-refractivity contribution is -0.893. The van der Waals surface area contributed by atoms with E-state index in [2.05, 4.69) is 68.9 Å². The number of aliphatic hydroxyl groups is 1. The number of halogens is 1. The molecule has 8 rings (SSSR count). The van der Waals surface area contributed by atoms with E-state index in [4.69, 9.17) is 67.7 Å². The van der Waals surface area contributed by atoms with Crippen LogP contribution in [0.1, 0.15) is 109 Å². The van der Waals surface area contributed by atoms with Gasteiger partial charge in [-0.1, -0.05) is 60.4 Å². The number of likely N-dealkylation sites (N-methyl/N-ethyl adjacent to an activating group) is 1. The zero-order valence-corrected chi connectivity index (χ0v) is 83.1. The lowest BCUT2D eigenvalue weighted by Gasteiger charge is -2.32. The molecule has 778 valence electrons. The van der Waals surface area contributed by atoms with Crippen LogP contribution in [0.25, 0.3) is 10.2 Å². The number of hydrogen-bond donors (Lipinski definition) is 10. The number of carbonyl (C=O) groups is 10. The number of carboxylic acids is 2. The molecule has 0 saturated carbocycles. The van der Waals surface area contributed by atoms with Crippen molar-refractivity contribution < 1.29 is 142 Å². The van der Waals surface area contributed by atoms with Crippen LogP contribution in [0.3, 0.4) is 0 Å². The van der Waals surface area contributed by atoms with Gasteiger partial charge in [0.05, 0.1) is 194 Å². The maximum Gasteiger partial charge on any atom is 0.410 e. The highest BCUT2D eigenvalue weighted by atomic mass is 32.2. The van der Waals surface area contributed by atoms with E-state index in [1.807, 2.05) is 45.3 Å². The van der Waals surface area contributed by atoms with Gasteiger partial charge in [0.25, 0.3) is 21.9 Å². The number of anilines is 5. The number of aromatic carboxylic acids is 1. The number of primary amides is 1. The summed E-state index contributed by atoms with van der Waals surface area (Å²) in [6, 6.07) is 14.8. The van der Waals surface area contributed by atoms with Crippen molar-refractivity contribution >= 4 is 130 Å². The van der Waals surface area contributed by atoms with Crippen molar-refractivity contribution in [2.75, 3.05) is 214 Å². The Kier molecular flexibility index (Phi) is 49.9. The lowest BCUT2D eigenvalue weighted by atomic mass is 10.0. The summed E-state index contributed by atoms with van der Waals surface area (Å²) in [5, 5.41) is 62.4. The number of para-hydroxylation sites is 1. The van der Waals surface area contributed by atoms with Crippen LogP contribution in [0.15, 0.2) is 85.1 Å². The normalized spacial score (nSPS) is 12.7. The number of urea groups is 1. The molecule has 0 saturated heterocycles. The number of ether oxygens (including phenoxy) is 12. The topological polar surface area (TPSA) is 578 Å². The first-order valence-electron chi connectivity index (χ1n) is 46.1. The van der Waals surface area contributed by atoms with Gasteiger partial charge < -0.3 is 124 Å². The Balaban J connectivity index is 0.836. The second kappa shape index (κ2) is 61.6. The number of rotatable bonds is 70. The zero-order chi connectivity index (χ0) is 103. The number of aromatic nitrogens is 7. The summed E-state index contributed by atoms with van der Waals surface area (Å²) < 4.78 is 117. The molecular formula is C92H128FN18O28S3+. The molecule has 46 nitrogen and oxygen atoms in total. The number of carboxylic acid groups (broad SMARTS) is 2. The lowest BCUT2D eigenvalue weighted by Crippen LogP contribution is -2.54. The number of aryl methyl sites for hydroxylation is 2. The number of imide groups is 1. The van der Waals surface area contributed by atoms with E-state index < -0.39 is 105 Å². The van der Waals surface area contributed by atoms with Gasteiger partial charge in [-0.2, -0.15) is 8.42 Å². The van der Waals surface area contributed by atoms with E-state index in [0.717, 1.165) is 49.6 Å². The standard InChI is InChI=1S/C92H127FN18O28S3/c1-63(2)82(99-78(113)27-36-128-39-33-110-79(114)25-26-80(110)115)86(119)97-73(18-10-29-95-88(94)122)85(118)96-68-23-22-66(67(57-68)58-107(5)92(124)139-62-69-59-108(105-102-69)32-38-130-41-43-132-45-47-134-49-51-136-53-52-135-50-48-133-46-44-131-42-40-129-37-28-81(116)117)61-138-91(123)106(4)30-11-15-65-21-24-74(71(93)56-65)137-35-13-20-76-83(87(120)121)100-90(141-76)109(31-12-16-70(112)60-111(6,7)34-14-54-142(125,126)127)77-55-64(3)84(104-103-77)101-89-98-72-17-8-9-19-75(72)140-89/h8-9,17,19,21-26,55-57,59,63,70,73,82,112H,10,12-14,16,18,20,27-54,58,60-62H2,1-7H3,(H9-,94,95,96,97,98,99,101,104,113,116,117,118,119,120,121,122,125,126,127)/p+1/t70?,73-,82-/m0/s1. The van der Waals surface area contributed by atoms with Gasteiger partial charge in [-0.05, 0) is 117 Å². The van der Waals surface area contributed by atoms with Crippen LogP contribution in [-0.4, -0.2) is 359 Å². The summed E-state index contributed by atoms with van der Waals surface area (Å²) in [5.74, 6) is -0.509. The molecule has 0 bridgehead atoms. The quantitative estimate of drug-likeness (QED) is 0.00686. The summed E-state index contributed by atoms with van der Waals surface area (Å²) in [7, 11) is 2.40. The molecule has 0 radical (unpaired) electrons. The summed E-state index contributed by atoms with van der Waals surface area (Å²) >= 11 is 2.56. The Hall–Kier alpha value is -12.2. The maximum atomic E-state index is 15.8. The van der Waals surface area contributed by atoms with E-state index in [1.54, 1.807) is 37.1 Å². The molecule has 3 aromatic carbocycles. The number of benzene rings is 3. The summed E-state index contributed by atoms with van der Waals surface area (Å²) in [6.45, 7) is 10.5. The molecule has 0 aliphatic carbocycles. The van der Waals surface area contributed by atoms with Gasteiger partial charge in [0, 0.05) is 74.9 Å². The molecule has 142 heavy (non-hydrogen) atoms. The fourth-order valence-corrected chi connectivity index (χ4v) is 16.1. The molecule has 50 heteroatoms. The molecule has 0 spiro atoms. The number of carbonyl (C=O) groups excluding carboxylic acids is 8. The Morgan fingerprint density at radius 1 is 0.669 bits per heavy atom. The highest BCUT2D eigenvalue weighted by molar-refractivity contribution is 7.85. The van der Waals surface area contributed by atoms with Crippen LogP contribution in [0.4, 0.5) is 46.4 Å². The maximum absolute atomic E-state index is 15.8. The van der Waals surface area contributed by atoms with Crippen LogP contribution >= 0.6 is 22.7 Å². The van der Waals surface area contributed by atoms with Crippen molar-refractivity contribution in [3.63, 3.8) is 0 Å². The largest absolute Gasteiger partial charge is 0.491 e. The zero-order valence-electron chi connectivity index (χ0n) is 80.6. The average molecular weight is 2050 g/mol. The number of nitrogens with zero attached hydrogens (tertiary/aromatic N) is 12. The molecule has 1 unspecified atom stereocenters. The van der Waals surface area contributed by atoms with Crippen LogP contribution in [0.5, 0.6) is 5.75 Å². The minimum atomic E-state index is -4.16. The van der Waals surface area contributed by atoms with Gasteiger partial charge in [-0.3, -0.25) is 38.2 Å². The number of amides is 9. The molecule has 5 heterocycles. The third-order valence-electron chi connectivity index (χ3n) is 21.0. The molecule has 11 N–H and O–H groups in total. The predicted octanol–water partition coefficient (Wildman–Crippen LogP) is 6.01. The number of quaternary nitrogens is 1. The number of fused-ring (bicyclic) bond motifs is 1. The number of nitrogens with one attached hydrogen (secondary N) is 5. The Morgan fingerprint density at radius 3 is 1.92 bits per heavy atom. The monoisotopic (exact) mass is 2050 g/mol. The minimum absolute atomic E-state index is 0.0196. The SMILES string of the molecule is Cc1cc(N(CCCC(O)C[N+](C)(C)CCCS(=O)(=O)O)c2nc(C(=O)O)c(CCCOc3ccc(C#CCN(C)C(=O)OCc4ccc(NC(=O)[C@H](CCCNC(N)=O)NC(=O)[C@@H](NC(=O)CCOCCN5C(=O)C=CC5=O)C(C)C)cc4CN(C)C(=O)OCc4cn(CCOCCOCCOCCOCCOCCOCCOCCOCCC(=O)O)nn4)cc3F)s2)nnc1Nc1nc2ccccc2s1. The van der Waals surface area contributed by atoms with E-state index >= 15 is 4.39 Å². The molecule has 0 fully saturated rings. The van der Waals surface area contributed by atoms with Gasteiger partial charge in [0.2, 0.25) is 17.7 Å². The first-order chi connectivity index (χ1) is 68.1. The molecule has 9 amide bonds. The Morgan fingerprint density at radius 2 is 1.30 bits per heavy atom. The van der Waals surface area contributed by atoms with Crippen molar-refractivity contribution in [3.05, 3.63) is 129 Å². The van der Waals surface area contributed by atoms with E-state index in [9.17, 15) is 71.1 Å². The number of hydrogen-bond acceptors (Lipinski definition) is 35. The Bertz CT molecular complexity index is 5400. The summed E-state index contributed by atoms with van der Waals surface area (Å²) in [5.41, 5.74) is 8.02. The van der Waals surface area contributed by atoms with Gasteiger partial charge in [-0.15, -0.1) is 26.6 Å². The highest BCUT2D eigenvalue weighted by Crippen LogP contribution is 2.35. The number of thiazole rings is 2. The first-order valence-corrected chi connectivity index (χ1v) is 49.3.